The molecule has 0 aromatic heterocycles. The van der Waals surface area contributed by atoms with Crippen molar-refractivity contribution >= 4 is 17.4 Å². The highest BCUT2D eigenvalue weighted by molar-refractivity contribution is 8.00. The molecule has 0 amide bonds. The smallest absolute Gasteiger partial charge is 0.122 e. The van der Waals surface area contributed by atoms with Crippen LogP contribution in [-0.2, 0) is 0 Å². The Morgan fingerprint density at radius 1 is 1.24 bits per heavy atom. The van der Waals surface area contributed by atoms with Gasteiger partial charge >= 0.3 is 0 Å². The molecule has 96 valence electrons. The number of thioether (sulfide) groups is 1. The third kappa shape index (κ3) is 4.90. The Hall–Kier alpha value is -0.830. The van der Waals surface area contributed by atoms with Crippen LogP contribution in [0.15, 0.2) is 23.1 Å². The van der Waals surface area contributed by atoms with Crippen LogP contribution in [0.25, 0.3) is 0 Å². The molecule has 0 heterocycles. The minimum absolute atomic E-state index is 0.579. The Balaban J connectivity index is 2.74. The van der Waals surface area contributed by atoms with Gasteiger partial charge in [0, 0.05) is 21.9 Å². The maximum Gasteiger partial charge on any atom is 0.122 e. The second-order valence-electron chi connectivity index (χ2n) is 4.65. The molecule has 1 unspecified atom stereocenters. The van der Waals surface area contributed by atoms with Gasteiger partial charge in [-0.05, 0) is 24.5 Å². The van der Waals surface area contributed by atoms with Crippen molar-refractivity contribution in [3.8, 4) is 5.75 Å². The van der Waals surface area contributed by atoms with Crippen LogP contribution in [0.3, 0.4) is 0 Å². The predicted octanol–water partition coefficient (Wildman–Crippen LogP) is 4.19. The SMILES string of the molecule is CCCOc1cc(N)cc(SC(C)C(C)C)c1. The summed E-state index contributed by atoms with van der Waals surface area (Å²) in [6, 6.07) is 5.98. The normalized spacial score (nSPS) is 12.8. The Labute approximate surface area is 109 Å². The zero-order chi connectivity index (χ0) is 12.8. The van der Waals surface area contributed by atoms with E-state index in [9.17, 15) is 0 Å². The molecule has 0 saturated heterocycles. The van der Waals surface area contributed by atoms with Crippen molar-refractivity contribution in [1.82, 2.24) is 0 Å². The Morgan fingerprint density at radius 2 is 1.94 bits per heavy atom. The van der Waals surface area contributed by atoms with Gasteiger partial charge in [0.25, 0.3) is 0 Å². The summed E-state index contributed by atoms with van der Waals surface area (Å²) in [5.41, 5.74) is 6.66. The minimum Gasteiger partial charge on any atom is -0.493 e. The van der Waals surface area contributed by atoms with Crippen LogP contribution < -0.4 is 10.5 Å². The van der Waals surface area contributed by atoms with Crippen molar-refractivity contribution in [2.75, 3.05) is 12.3 Å². The molecule has 3 heteroatoms. The van der Waals surface area contributed by atoms with Crippen molar-refractivity contribution in [3.05, 3.63) is 18.2 Å². The molecule has 0 spiro atoms. The second kappa shape index (κ2) is 6.80. The zero-order valence-electron chi connectivity index (χ0n) is 11.2. The summed E-state index contributed by atoms with van der Waals surface area (Å²) in [5, 5.41) is 0.579. The number of hydrogen-bond acceptors (Lipinski definition) is 3. The highest BCUT2D eigenvalue weighted by Crippen LogP contribution is 2.32. The van der Waals surface area contributed by atoms with E-state index in [0.29, 0.717) is 11.2 Å². The number of anilines is 1. The highest BCUT2D eigenvalue weighted by Gasteiger charge is 2.10. The summed E-state index contributed by atoms with van der Waals surface area (Å²) >= 11 is 1.85. The maximum absolute atomic E-state index is 5.89. The molecular formula is C14H23NOS. The molecule has 1 rings (SSSR count). The first-order valence-electron chi connectivity index (χ1n) is 6.23. The number of nitrogen functional groups attached to an aromatic ring is 1. The lowest BCUT2D eigenvalue weighted by molar-refractivity contribution is 0.317. The minimum atomic E-state index is 0.579. The Morgan fingerprint density at radius 3 is 2.53 bits per heavy atom. The molecule has 17 heavy (non-hydrogen) atoms. The molecule has 0 saturated carbocycles. The lowest BCUT2D eigenvalue weighted by atomic mass is 10.2. The first-order chi connectivity index (χ1) is 8.02. The number of rotatable bonds is 6. The van der Waals surface area contributed by atoms with Crippen molar-refractivity contribution in [2.45, 2.75) is 44.3 Å². The van der Waals surface area contributed by atoms with E-state index in [-0.39, 0.29) is 0 Å². The van der Waals surface area contributed by atoms with E-state index in [4.69, 9.17) is 10.5 Å². The van der Waals surface area contributed by atoms with Gasteiger partial charge in [-0.25, -0.2) is 0 Å². The summed E-state index contributed by atoms with van der Waals surface area (Å²) in [6.07, 6.45) is 1.01. The third-order valence-electron chi connectivity index (χ3n) is 2.64. The fraction of sp³-hybridized carbons (Fsp3) is 0.571. The van der Waals surface area contributed by atoms with Crippen molar-refractivity contribution in [3.63, 3.8) is 0 Å². The molecule has 0 aliphatic heterocycles. The molecule has 1 aromatic rings. The summed E-state index contributed by atoms with van der Waals surface area (Å²) < 4.78 is 5.63. The van der Waals surface area contributed by atoms with Crippen molar-refractivity contribution < 1.29 is 4.74 Å². The average Bonchev–Trinajstić information content (AvgIpc) is 2.25. The summed E-state index contributed by atoms with van der Waals surface area (Å²) in [4.78, 5) is 1.19. The lowest BCUT2D eigenvalue weighted by Gasteiger charge is -2.16. The fourth-order valence-electron chi connectivity index (χ4n) is 1.32. The van der Waals surface area contributed by atoms with Crippen LogP contribution in [0.1, 0.15) is 34.1 Å². The maximum atomic E-state index is 5.89. The first kappa shape index (κ1) is 14.2. The van der Waals surface area contributed by atoms with Gasteiger partial charge in [0.2, 0.25) is 0 Å². The van der Waals surface area contributed by atoms with Gasteiger partial charge < -0.3 is 10.5 Å². The molecular weight excluding hydrogens is 230 g/mol. The van der Waals surface area contributed by atoms with E-state index < -0.39 is 0 Å². The quantitative estimate of drug-likeness (QED) is 0.610. The van der Waals surface area contributed by atoms with Crippen LogP contribution in [0.5, 0.6) is 5.75 Å². The molecule has 0 aliphatic carbocycles. The van der Waals surface area contributed by atoms with Crippen LogP contribution in [0, 0.1) is 5.92 Å². The van der Waals surface area contributed by atoms with Crippen LogP contribution in [0.4, 0.5) is 5.69 Å². The average molecular weight is 253 g/mol. The first-order valence-corrected chi connectivity index (χ1v) is 7.11. The summed E-state index contributed by atoms with van der Waals surface area (Å²) in [7, 11) is 0. The molecule has 0 radical (unpaired) electrons. The Bertz CT molecular complexity index is 352. The highest BCUT2D eigenvalue weighted by atomic mass is 32.2. The van der Waals surface area contributed by atoms with E-state index in [1.807, 2.05) is 23.9 Å². The number of hydrogen-bond donors (Lipinski definition) is 1. The third-order valence-corrected chi connectivity index (χ3v) is 4.06. The molecule has 0 bridgehead atoms. The van der Waals surface area contributed by atoms with E-state index in [2.05, 4.69) is 33.8 Å². The lowest BCUT2D eigenvalue weighted by Crippen LogP contribution is -2.05. The van der Waals surface area contributed by atoms with E-state index in [1.165, 1.54) is 4.90 Å². The van der Waals surface area contributed by atoms with Crippen LogP contribution >= 0.6 is 11.8 Å². The van der Waals surface area contributed by atoms with E-state index in [0.717, 1.165) is 24.5 Å². The Kier molecular flexibility index (Phi) is 5.69. The summed E-state index contributed by atoms with van der Waals surface area (Å²) in [6.45, 7) is 9.55. The van der Waals surface area contributed by atoms with E-state index in [1.54, 1.807) is 0 Å². The van der Waals surface area contributed by atoms with Gasteiger partial charge in [-0.3, -0.25) is 0 Å². The predicted molar refractivity (Wildman–Crippen MR) is 76.8 cm³/mol. The van der Waals surface area contributed by atoms with Crippen LogP contribution in [0.2, 0.25) is 0 Å². The molecule has 1 aromatic carbocycles. The molecule has 1 atom stereocenters. The fourth-order valence-corrected chi connectivity index (χ4v) is 2.41. The molecule has 0 fully saturated rings. The van der Waals surface area contributed by atoms with Crippen molar-refractivity contribution in [1.29, 1.82) is 0 Å². The largest absolute Gasteiger partial charge is 0.493 e. The number of nitrogens with two attached hydrogens (primary N) is 1. The standard InChI is InChI=1S/C14H23NOS/c1-5-6-16-13-7-12(15)8-14(9-13)17-11(4)10(2)3/h7-11H,5-6,15H2,1-4H3. The van der Waals surface area contributed by atoms with E-state index >= 15 is 0 Å². The van der Waals surface area contributed by atoms with Gasteiger partial charge in [-0.15, -0.1) is 11.8 Å². The topological polar surface area (TPSA) is 35.2 Å². The summed E-state index contributed by atoms with van der Waals surface area (Å²) in [5.74, 6) is 1.53. The monoisotopic (exact) mass is 253 g/mol. The molecule has 2 nitrogen and oxygen atoms in total. The molecule has 0 aliphatic rings. The zero-order valence-corrected chi connectivity index (χ0v) is 12.0. The number of ether oxygens (including phenoxy) is 1. The van der Waals surface area contributed by atoms with Gasteiger partial charge in [-0.2, -0.15) is 0 Å². The van der Waals surface area contributed by atoms with Gasteiger partial charge in [0.15, 0.2) is 0 Å². The van der Waals surface area contributed by atoms with Gasteiger partial charge in [0.1, 0.15) is 5.75 Å². The molecule has 2 N–H and O–H groups in total. The van der Waals surface area contributed by atoms with Crippen molar-refractivity contribution in [2.24, 2.45) is 5.92 Å². The van der Waals surface area contributed by atoms with Gasteiger partial charge in [-0.1, -0.05) is 27.7 Å². The van der Waals surface area contributed by atoms with Gasteiger partial charge in [0.05, 0.1) is 6.61 Å². The number of benzene rings is 1. The second-order valence-corrected chi connectivity index (χ2v) is 6.10. The van der Waals surface area contributed by atoms with Crippen LogP contribution in [-0.4, -0.2) is 11.9 Å².